The molecule has 3 heterocycles. The Morgan fingerprint density at radius 3 is 2.63 bits per heavy atom. The van der Waals surface area contributed by atoms with Gasteiger partial charge < -0.3 is 20.0 Å². The number of carbonyl (C=O) groups is 2. The molecule has 9 nitrogen and oxygen atoms in total. The summed E-state index contributed by atoms with van der Waals surface area (Å²) in [5.74, 6) is 0.152. The number of hydrogen-bond acceptors (Lipinski definition) is 5. The normalized spacial score (nSPS) is 22.3. The van der Waals surface area contributed by atoms with Gasteiger partial charge in [0.25, 0.3) is 0 Å². The first-order valence-electron chi connectivity index (χ1n) is 9.96. The van der Waals surface area contributed by atoms with Crippen LogP contribution >= 0.6 is 0 Å². The molecule has 0 unspecified atom stereocenters. The van der Waals surface area contributed by atoms with Crippen LogP contribution in [0.2, 0.25) is 0 Å². The van der Waals surface area contributed by atoms with E-state index in [-0.39, 0.29) is 24.0 Å². The number of carbonyl (C=O) groups excluding carboxylic acids is 2. The number of rotatable bonds is 6. The molecular formula is C18H31N7O2. The number of nitrogens with one attached hydrogen (secondary N) is 1. The van der Waals surface area contributed by atoms with Gasteiger partial charge >= 0.3 is 6.03 Å². The van der Waals surface area contributed by atoms with Crippen LogP contribution in [-0.4, -0.2) is 87.4 Å². The Hall–Kier alpha value is -2.16. The number of likely N-dealkylation sites (tertiary alicyclic amines) is 1. The van der Waals surface area contributed by atoms with Gasteiger partial charge in [-0.1, -0.05) is 5.21 Å². The Balaban J connectivity index is 1.55. The van der Waals surface area contributed by atoms with Gasteiger partial charge in [-0.2, -0.15) is 0 Å². The Morgan fingerprint density at radius 2 is 1.96 bits per heavy atom. The lowest BCUT2D eigenvalue weighted by Gasteiger charge is -2.23. The fourth-order valence-corrected chi connectivity index (χ4v) is 3.89. The SMILES string of the molecule is CCN(CC)C(=O)[C@@H]1C[C@H](n2cc(CN(C)C(=O)N3CCCC3)nn2)CN1. The summed E-state index contributed by atoms with van der Waals surface area (Å²) in [7, 11) is 1.80. The molecule has 1 N–H and O–H groups in total. The summed E-state index contributed by atoms with van der Waals surface area (Å²) in [5, 5.41) is 11.8. The second-order valence-corrected chi connectivity index (χ2v) is 7.38. The van der Waals surface area contributed by atoms with Gasteiger partial charge in [-0.05, 0) is 33.1 Å². The lowest BCUT2D eigenvalue weighted by atomic mass is 10.1. The lowest BCUT2D eigenvalue weighted by Crippen LogP contribution is -2.43. The van der Waals surface area contributed by atoms with E-state index in [0.29, 0.717) is 19.5 Å². The molecule has 2 fully saturated rings. The first-order valence-corrected chi connectivity index (χ1v) is 9.96. The second kappa shape index (κ2) is 8.69. The largest absolute Gasteiger partial charge is 0.342 e. The molecule has 2 aliphatic heterocycles. The molecule has 0 aliphatic carbocycles. The van der Waals surface area contributed by atoms with Gasteiger partial charge in [-0.25, -0.2) is 9.48 Å². The van der Waals surface area contributed by atoms with Crippen LogP contribution in [0.5, 0.6) is 0 Å². The Bertz CT molecular complexity index is 652. The summed E-state index contributed by atoms with van der Waals surface area (Å²) < 4.78 is 1.83. The molecule has 3 amide bonds. The van der Waals surface area contributed by atoms with Crippen LogP contribution in [0.15, 0.2) is 6.20 Å². The number of hydrogen-bond donors (Lipinski definition) is 1. The summed E-state index contributed by atoms with van der Waals surface area (Å²) in [4.78, 5) is 30.3. The van der Waals surface area contributed by atoms with E-state index < -0.39 is 0 Å². The third kappa shape index (κ3) is 4.40. The summed E-state index contributed by atoms with van der Waals surface area (Å²) >= 11 is 0. The van der Waals surface area contributed by atoms with Crippen molar-refractivity contribution in [2.24, 2.45) is 0 Å². The van der Waals surface area contributed by atoms with Gasteiger partial charge in [-0.15, -0.1) is 5.10 Å². The minimum atomic E-state index is -0.165. The summed E-state index contributed by atoms with van der Waals surface area (Å²) in [6.07, 6.45) is 4.76. The maximum absolute atomic E-state index is 12.5. The molecule has 9 heteroatoms. The van der Waals surface area contributed by atoms with Crippen molar-refractivity contribution in [1.82, 2.24) is 35.0 Å². The van der Waals surface area contributed by atoms with Crippen LogP contribution in [0.25, 0.3) is 0 Å². The zero-order valence-corrected chi connectivity index (χ0v) is 16.6. The Kier molecular flexibility index (Phi) is 6.30. The number of likely N-dealkylation sites (N-methyl/N-ethyl adjacent to an activating group) is 1. The Labute approximate surface area is 160 Å². The standard InChI is InChI=1S/C18H31N7O2/c1-4-23(5-2)17(26)16-10-15(11-19-16)25-13-14(20-21-25)12-22(3)18(27)24-8-6-7-9-24/h13,15-16,19H,4-12H2,1-3H3/t15-,16-/m0/s1. The number of urea groups is 1. The number of amides is 3. The minimum Gasteiger partial charge on any atom is -0.342 e. The molecule has 27 heavy (non-hydrogen) atoms. The molecule has 150 valence electrons. The van der Waals surface area contributed by atoms with Gasteiger partial charge in [0.05, 0.1) is 24.8 Å². The van der Waals surface area contributed by atoms with Crippen molar-refractivity contribution in [3.63, 3.8) is 0 Å². The van der Waals surface area contributed by atoms with E-state index in [1.807, 2.05) is 34.5 Å². The monoisotopic (exact) mass is 377 g/mol. The maximum atomic E-state index is 12.5. The van der Waals surface area contributed by atoms with Crippen molar-refractivity contribution < 1.29 is 9.59 Å². The van der Waals surface area contributed by atoms with E-state index in [1.54, 1.807) is 11.9 Å². The molecule has 2 aliphatic rings. The van der Waals surface area contributed by atoms with Gasteiger partial charge in [0.1, 0.15) is 5.69 Å². The van der Waals surface area contributed by atoms with E-state index in [1.165, 1.54) is 0 Å². The molecule has 0 spiro atoms. The lowest BCUT2D eigenvalue weighted by molar-refractivity contribution is -0.132. The third-order valence-corrected chi connectivity index (χ3v) is 5.52. The van der Waals surface area contributed by atoms with E-state index >= 15 is 0 Å². The topological polar surface area (TPSA) is 86.6 Å². The fraction of sp³-hybridized carbons (Fsp3) is 0.778. The highest BCUT2D eigenvalue weighted by Crippen LogP contribution is 2.21. The second-order valence-electron chi connectivity index (χ2n) is 7.38. The molecule has 0 saturated carbocycles. The Morgan fingerprint density at radius 1 is 1.26 bits per heavy atom. The van der Waals surface area contributed by atoms with Crippen molar-refractivity contribution in [2.75, 3.05) is 39.8 Å². The number of nitrogens with zero attached hydrogens (tertiary/aromatic N) is 6. The van der Waals surface area contributed by atoms with Crippen LogP contribution < -0.4 is 5.32 Å². The highest BCUT2D eigenvalue weighted by atomic mass is 16.2. The predicted molar refractivity (Wildman–Crippen MR) is 101 cm³/mol. The zero-order chi connectivity index (χ0) is 19.4. The quantitative estimate of drug-likeness (QED) is 0.789. The van der Waals surface area contributed by atoms with Crippen LogP contribution in [0.1, 0.15) is 44.8 Å². The molecule has 2 saturated heterocycles. The molecule has 2 atom stereocenters. The molecular weight excluding hydrogens is 346 g/mol. The van der Waals surface area contributed by atoms with Crippen LogP contribution in [0, 0.1) is 0 Å². The predicted octanol–water partition coefficient (Wildman–Crippen LogP) is 0.697. The van der Waals surface area contributed by atoms with E-state index in [9.17, 15) is 9.59 Å². The van der Waals surface area contributed by atoms with Crippen molar-refractivity contribution >= 4 is 11.9 Å². The average molecular weight is 377 g/mol. The van der Waals surface area contributed by atoms with Crippen molar-refractivity contribution in [1.29, 1.82) is 0 Å². The minimum absolute atomic E-state index is 0.0504. The van der Waals surface area contributed by atoms with Gasteiger partial charge in [-0.3, -0.25) is 4.79 Å². The highest BCUT2D eigenvalue weighted by molar-refractivity contribution is 5.82. The smallest absolute Gasteiger partial charge is 0.320 e. The molecule has 0 aromatic carbocycles. The third-order valence-electron chi connectivity index (χ3n) is 5.52. The molecule has 0 bridgehead atoms. The fourth-order valence-electron chi connectivity index (χ4n) is 3.89. The highest BCUT2D eigenvalue weighted by Gasteiger charge is 2.33. The van der Waals surface area contributed by atoms with Crippen molar-refractivity contribution in [3.05, 3.63) is 11.9 Å². The average Bonchev–Trinajstić information content (AvgIpc) is 3.42. The van der Waals surface area contributed by atoms with Crippen molar-refractivity contribution in [3.8, 4) is 0 Å². The summed E-state index contributed by atoms with van der Waals surface area (Å²) in [6, 6.07) is -0.00761. The van der Waals surface area contributed by atoms with Crippen molar-refractivity contribution in [2.45, 2.75) is 51.7 Å². The van der Waals surface area contributed by atoms with E-state index in [2.05, 4.69) is 15.6 Å². The van der Waals surface area contributed by atoms with E-state index in [0.717, 1.165) is 44.7 Å². The molecule has 3 rings (SSSR count). The maximum Gasteiger partial charge on any atom is 0.320 e. The first-order chi connectivity index (χ1) is 13.0. The van der Waals surface area contributed by atoms with Gasteiger partial charge in [0, 0.05) is 39.8 Å². The summed E-state index contributed by atoms with van der Waals surface area (Å²) in [6.45, 7) is 8.26. The first kappa shape index (κ1) is 19.6. The number of aromatic nitrogens is 3. The molecule has 0 radical (unpaired) electrons. The van der Waals surface area contributed by atoms with E-state index in [4.69, 9.17) is 0 Å². The van der Waals surface area contributed by atoms with Gasteiger partial charge in [0.2, 0.25) is 5.91 Å². The van der Waals surface area contributed by atoms with Crippen LogP contribution in [0.3, 0.4) is 0 Å². The van der Waals surface area contributed by atoms with Crippen LogP contribution in [-0.2, 0) is 11.3 Å². The van der Waals surface area contributed by atoms with Crippen LogP contribution in [0.4, 0.5) is 4.79 Å². The summed E-state index contributed by atoms with van der Waals surface area (Å²) in [5.41, 5.74) is 0.767. The molecule has 1 aromatic rings. The molecule has 1 aromatic heterocycles. The zero-order valence-electron chi connectivity index (χ0n) is 16.6. The van der Waals surface area contributed by atoms with Gasteiger partial charge in [0.15, 0.2) is 0 Å².